The maximum Gasteiger partial charge on any atom is 0.164 e. The molecular formula is C78H45N9. The second kappa shape index (κ2) is 20.4. The van der Waals surface area contributed by atoms with Crippen molar-refractivity contribution in [3.63, 3.8) is 0 Å². The lowest BCUT2D eigenvalue weighted by Crippen LogP contribution is -2.04. The largest absolute Gasteiger partial charge is 0.309 e. The molecule has 0 N–H and O–H groups in total. The van der Waals surface area contributed by atoms with E-state index in [1.165, 1.54) is 21.5 Å². The minimum Gasteiger partial charge on any atom is -0.309 e. The van der Waals surface area contributed by atoms with E-state index in [9.17, 15) is 15.8 Å². The van der Waals surface area contributed by atoms with E-state index >= 15 is 0 Å². The Bertz CT molecular complexity index is 5220. The molecule has 0 fully saturated rings. The first-order chi connectivity index (χ1) is 43.0. The summed E-state index contributed by atoms with van der Waals surface area (Å²) in [7, 11) is 0. The standard InChI is InChI=1S/C78H45N9/c79-46-49-41-56(47-80)74(57(42-49)48-81)54-35-40-73-67(43-54)64-25-11-16-30-72(64)87(73)75-65(50-31-36-58(37-32-50)85-68-26-12-7-21-60(68)61-22-8-13-27-69(61)85)44-55(78-83-76(52-17-3-1-4-18-52)82-77(84-78)53-19-5-2-6-20-53)45-66(75)51-33-38-59(39-34-51)86-70-28-14-9-23-62(70)63-24-10-15-29-71(63)86/h1-45H. The van der Waals surface area contributed by atoms with Crippen molar-refractivity contribution in [2.24, 2.45) is 0 Å². The summed E-state index contributed by atoms with van der Waals surface area (Å²) in [6.45, 7) is 0. The number of fused-ring (bicyclic) bond motifs is 9. The summed E-state index contributed by atoms with van der Waals surface area (Å²) in [4.78, 5) is 15.8. The lowest BCUT2D eigenvalue weighted by molar-refractivity contribution is 1.07. The van der Waals surface area contributed by atoms with Crippen LogP contribution in [-0.4, -0.2) is 28.7 Å². The smallest absolute Gasteiger partial charge is 0.164 e. The Kier molecular flexibility index (Phi) is 11.8. The average molecular weight is 1110 g/mol. The molecule has 9 nitrogen and oxygen atoms in total. The van der Waals surface area contributed by atoms with Gasteiger partial charge in [0.1, 0.15) is 0 Å². The highest BCUT2D eigenvalue weighted by atomic mass is 15.0. The molecule has 402 valence electrons. The molecule has 4 aromatic heterocycles. The van der Waals surface area contributed by atoms with E-state index in [-0.39, 0.29) is 16.7 Å². The Hall–Kier alpha value is -12.5. The van der Waals surface area contributed by atoms with E-state index in [2.05, 4.69) is 220 Å². The maximum atomic E-state index is 10.5. The monoisotopic (exact) mass is 1110 g/mol. The molecule has 0 aliphatic carbocycles. The summed E-state index contributed by atoms with van der Waals surface area (Å²) in [5.41, 5.74) is 17.5. The molecule has 16 aromatic rings. The van der Waals surface area contributed by atoms with Gasteiger partial charge in [-0.3, -0.25) is 0 Å². The van der Waals surface area contributed by atoms with E-state index in [0.717, 1.165) is 99.9 Å². The maximum absolute atomic E-state index is 10.5. The molecule has 0 unspecified atom stereocenters. The van der Waals surface area contributed by atoms with Crippen molar-refractivity contribution in [1.82, 2.24) is 28.7 Å². The van der Waals surface area contributed by atoms with Crippen molar-refractivity contribution in [2.75, 3.05) is 0 Å². The first-order valence-corrected chi connectivity index (χ1v) is 28.7. The summed E-state index contributed by atoms with van der Waals surface area (Å²) in [5.74, 6) is 1.62. The van der Waals surface area contributed by atoms with E-state index in [4.69, 9.17) is 15.0 Å². The Balaban J connectivity index is 1.000. The number of aromatic nitrogens is 6. The van der Waals surface area contributed by atoms with Crippen molar-refractivity contribution in [3.05, 3.63) is 290 Å². The Morgan fingerprint density at radius 2 is 0.609 bits per heavy atom. The van der Waals surface area contributed by atoms with Gasteiger partial charge < -0.3 is 13.7 Å². The van der Waals surface area contributed by atoms with Crippen LogP contribution in [0, 0.1) is 34.0 Å². The van der Waals surface area contributed by atoms with Gasteiger partial charge in [-0.15, -0.1) is 0 Å². The van der Waals surface area contributed by atoms with Crippen LogP contribution in [0.3, 0.4) is 0 Å². The molecule has 4 heterocycles. The van der Waals surface area contributed by atoms with Crippen LogP contribution < -0.4 is 0 Å². The zero-order valence-corrected chi connectivity index (χ0v) is 46.5. The van der Waals surface area contributed by atoms with Gasteiger partial charge in [-0.05, 0) is 108 Å². The molecule has 0 radical (unpaired) electrons. The number of para-hydroxylation sites is 5. The molecule has 0 spiro atoms. The molecule has 0 aliphatic rings. The molecule has 0 saturated heterocycles. The zero-order valence-electron chi connectivity index (χ0n) is 46.5. The van der Waals surface area contributed by atoms with Gasteiger partial charge in [-0.25, -0.2) is 15.0 Å². The number of rotatable bonds is 9. The van der Waals surface area contributed by atoms with Crippen LogP contribution in [-0.2, 0) is 0 Å². The molecule has 9 heteroatoms. The van der Waals surface area contributed by atoms with Crippen molar-refractivity contribution in [2.45, 2.75) is 0 Å². The minimum absolute atomic E-state index is 0.254. The first kappa shape index (κ1) is 50.3. The van der Waals surface area contributed by atoms with E-state index in [0.29, 0.717) is 28.6 Å². The van der Waals surface area contributed by atoms with Crippen molar-refractivity contribution in [1.29, 1.82) is 15.8 Å². The number of nitriles is 3. The van der Waals surface area contributed by atoms with Gasteiger partial charge in [0.15, 0.2) is 17.5 Å². The number of hydrogen-bond donors (Lipinski definition) is 0. The number of benzene rings is 12. The predicted octanol–water partition coefficient (Wildman–Crippen LogP) is 18.8. The minimum atomic E-state index is 0.254. The lowest BCUT2D eigenvalue weighted by Gasteiger charge is -2.22. The van der Waals surface area contributed by atoms with Crippen LogP contribution in [0.1, 0.15) is 16.7 Å². The van der Waals surface area contributed by atoms with Crippen LogP contribution in [0.2, 0.25) is 0 Å². The molecule has 12 aromatic carbocycles. The molecule has 87 heavy (non-hydrogen) atoms. The summed E-state index contributed by atoms with van der Waals surface area (Å²) in [6, 6.07) is 101. The third-order valence-electron chi connectivity index (χ3n) is 16.8. The average Bonchev–Trinajstić information content (AvgIpc) is 1.75. The van der Waals surface area contributed by atoms with Crippen molar-refractivity contribution >= 4 is 65.4 Å². The highest BCUT2D eigenvalue weighted by molar-refractivity contribution is 6.13. The molecule has 0 amide bonds. The van der Waals surface area contributed by atoms with Crippen molar-refractivity contribution < 1.29 is 0 Å². The summed E-state index contributed by atoms with van der Waals surface area (Å²) in [5, 5.41) is 37.6. The number of hydrogen-bond acceptors (Lipinski definition) is 6. The summed E-state index contributed by atoms with van der Waals surface area (Å²) < 4.78 is 7.04. The third-order valence-corrected chi connectivity index (χ3v) is 16.8. The van der Waals surface area contributed by atoms with Gasteiger partial charge in [0, 0.05) is 77.1 Å². The SMILES string of the molecule is N#Cc1cc(C#N)c(-c2ccc3c(c2)c2ccccc2n3-c2c(-c3ccc(-n4c5ccccc5c5ccccc54)cc3)cc(-c3nc(-c4ccccc4)nc(-c4ccccc4)n3)cc2-c2ccc(-n3c4ccccc4c4ccccc43)cc2)c(C#N)c1. The van der Waals surface area contributed by atoms with E-state index < -0.39 is 0 Å². The topological polar surface area (TPSA) is 125 Å². The van der Waals surface area contributed by atoms with Gasteiger partial charge in [0.2, 0.25) is 0 Å². The van der Waals surface area contributed by atoms with Gasteiger partial charge in [-0.1, -0.05) is 182 Å². The summed E-state index contributed by atoms with van der Waals surface area (Å²) >= 11 is 0. The van der Waals surface area contributed by atoms with E-state index in [1.807, 2.05) is 72.8 Å². The van der Waals surface area contributed by atoms with Crippen molar-refractivity contribution in [3.8, 4) is 103 Å². The molecule has 0 bridgehead atoms. The van der Waals surface area contributed by atoms with Gasteiger partial charge in [-0.2, -0.15) is 15.8 Å². The van der Waals surface area contributed by atoms with Crippen LogP contribution in [0.25, 0.3) is 150 Å². The first-order valence-electron chi connectivity index (χ1n) is 28.7. The third kappa shape index (κ3) is 8.25. The zero-order chi connectivity index (χ0) is 58.1. The number of nitrogens with zero attached hydrogens (tertiary/aromatic N) is 9. The van der Waals surface area contributed by atoms with Crippen LogP contribution >= 0.6 is 0 Å². The fourth-order valence-corrected chi connectivity index (χ4v) is 12.9. The second-order valence-corrected chi connectivity index (χ2v) is 21.7. The highest BCUT2D eigenvalue weighted by Gasteiger charge is 2.25. The highest BCUT2D eigenvalue weighted by Crippen LogP contribution is 2.46. The Morgan fingerprint density at radius 3 is 1.01 bits per heavy atom. The second-order valence-electron chi connectivity index (χ2n) is 21.7. The molecule has 0 atom stereocenters. The molecule has 0 aliphatic heterocycles. The fraction of sp³-hybridized carbons (Fsp3) is 0. The van der Waals surface area contributed by atoms with Crippen LogP contribution in [0.4, 0.5) is 0 Å². The van der Waals surface area contributed by atoms with Gasteiger partial charge in [0.25, 0.3) is 0 Å². The quantitative estimate of drug-likeness (QED) is 0.142. The Morgan fingerprint density at radius 1 is 0.264 bits per heavy atom. The van der Waals surface area contributed by atoms with Gasteiger partial charge >= 0.3 is 0 Å². The molecule has 0 saturated carbocycles. The van der Waals surface area contributed by atoms with E-state index in [1.54, 1.807) is 12.1 Å². The Labute approximate surface area is 499 Å². The molecular weight excluding hydrogens is 1060 g/mol. The predicted molar refractivity (Wildman–Crippen MR) is 350 cm³/mol. The fourth-order valence-electron chi connectivity index (χ4n) is 12.9. The normalized spacial score (nSPS) is 11.4. The van der Waals surface area contributed by atoms with Crippen LogP contribution in [0.5, 0.6) is 0 Å². The van der Waals surface area contributed by atoms with Crippen LogP contribution in [0.15, 0.2) is 273 Å². The molecule has 16 rings (SSSR count). The lowest BCUT2D eigenvalue weighted by atomic mass is 9.91. The summed E-state index contributed by atoms with van der Waals surface area (Å²) in [6.07, 6.45) is 0. The van der Waals surface area contributed by atoms with Gasteiger partial charge in [0.05, 0.1) is 73.7 Å².